The van der Waals surface area contributed by atoms with Gasteiger partial charge in [0.2, 0.25) is 0 Å². The third-order valence-electron chi connectivity index (χ3n) is 1.85. The fourth-order valence-corrected chi connectivity index (χ4v) is 1.30. The van der Waals surface area contributed by atoms with E-state index in [9.17, 15) is 0 Å². The Bertz CT molecular complexity index is 332. The second-order valence-corrected chi connectivity index (χ2v) is 3.23. The van der Waals surface area contributed by atoms with Crippen molar-refractivity contribution in [2.75, 3.05) is 21.2 Å². The zero-order valence-electron chi connectivity index (χ0n) is 9.11. The van der Waals surface area contributed by atoms with Crippen LogP contribution in [0.1, 0.15) is 12.5 Å². The molecular weight excluding hydrogens is 176 g/mol. The van der Waals surface area contributed by atoms with Gasteiger partial charge in [-0.3, -0.25) is 0 Å². The highest BCUT2D eigenvalue weighted by molar-refractivity contribution is 6.00. The Balaban J connectivity index is 3.05. The molecule has 0 saturated heterocycles. The molecule has 0 amide bonds. The number of hydrogen-bond acceptors (Lipinski definition) is 3. The summed E-state index contributed by atoms with van der Waals surface area (Å²) in [5.41, 5.74) is 1.98. The minimum Gasteiger partial charge on any atom is -0.496 e. The first kappa shape index (κ1) is 10.6. The molecule has 0 aliphatic carbocycles. The van der Waals surface area contributed by atoms with Gasteiger partial charge in [-0.25, -0.2) is 0 Å². The van der Waals surface area contributed by atoms with Crippen LogP contribution in [0.4, 0.5) is 0 Å². The summed E-state index contributed by atoms with van der Waals surface area (Å²) >= 11 is 0. The smallest absolute Gasteiger partial charge is 0.127 e. The standard InChI is InChI=1S/C11H16N2O/c1-9(12-13(2)3)10-7-5-6-8-11(10)14-4/h5-8H,1-4H3. The van der Waals surface area contributed by atoms with Crippen LogP contribution in [-0.2, 0) is 0 Å². The summed E-state index contributed by atoms with van der Waals surface area (Å²) in [6, 6.07) is 7.86. The Morgan fingerprint density at radius 2 is 1.93 bits per heavy atom. The number of nitrogens with zero attached hydrogens (tertiary/aromatic N) is 2. The van der Waals surface area contributed by atoms with Crippen molar-refractivity contribution in [3.8, 4) is 5.75 Å². The minimum absolute atomic E-state index is 0.857. The van der Waals surface area contributed by atoms with Crippen molar-refractivity contribution in [2.24, 2.45) is 5.10 Å². The van der Waals surface area contributed by atoms with E-state index in [0.717, 1.165) is 17.0 Å². The van der Waals surface area contributed by atoms with Crippen LogP contribution in [0.3, 0.4) is 0 Å². The summed E-state index contributed by atoms with van der Waals surface area (Å²) in [5.74, 6) is 0.857. The third kappa shape index (κ3) is 2.49. The zero-order valence-corrected chi connectivity index (χ0v) is 9.11. The first-order valence-corrected chi connectivity index (χ1v) is 4.51. The van der Waals surface area contributed by atoms with Gasteiger partial charge >= 0.3 is 0 Å². The number of hydrazone groups is 1. The highest BCUT2D eigenvalue weighted by Crippen LogP contribution is 2.18. The summed E-state index contributed by atoms with van der Waals surface area (Å²) in [5, 5.41) is 6.11. The van der Waals surface area contributed by atoms with Crippen LogP contribution < -0.4 is 4.74 Å². The van der Waals surface area contributed by atoms with E-state index in [0.29, 0.717) is 0 Å². The number of hydrogen-bond donors (Lipinski definition) is 0. The number of para-hydroxylation sites is 1. The predicted octanol–water partition coefficient (Wildman–Crippen LogP) is 1.98. The second-order valence-electron chi connectivity index (χ2n) is 3.23. The molecule has 0 fully saturated rings. The van der Waals surface area contributed by atoms with Crippen LogP contribution in [-0.4, -0.2) is 31.9 Å². The lowest BCUT2D eigenvalue weighted by molar-refractivity contribution is 0.412. The van der Waals surface area contributed by atoms with E-state index >= 15 is 0 Å². The van der Waals surface area contributed by atoms with Crippen molar-refractivity contribution >= 4 is 5.71 Å². The molecule has 0 atom stereocenters. The lowest BCUT2D eigenvalue weighted by Gasteiger charge is -2.10. The average molecular weight is 192 g/mol. The highest BCUT2D eigenvalue weighted by atomic mass is 16.5. The summed E-state index contributed by atoms with van der Waals surface area (Å²) in [6.07, 6.45) is 0. The van der Waals surface area contributed by atoms with E-state index in [-0.39, 0.29) is 0 Å². The first-order valence-electron chi connectivity index (χ1n) is 4.51. The van der Waals surface area contributed by atoms with Gasteiger partial charge in [-0.1, -0.05) is 12.1 Å². The fraction of sp³-hybridized carbons (Fsp3) is 0.364. The molecule has 1 aromatic rings. The number of ether oxygens (including phenoxy) is 1. The van der Waals surface area contributed by atoms with Crippen molar-refractivity contribution in [3.05, 3.63) is 29.8 Å². The average Bonchev–Trinajstić information content (AvgIpc) is 2.16. The van der Waals surface area contributed by atoms with Crippen LogP contribution in [0, 0.1) is 0 Å². The second kappa shape index (κ2) is 4.65. The maximum absolute atomic E-state index is 5.25. The van der Waals surface area contributed by atoms with E-state index in [1.165, 1.54) is 0 Å². The molecule has 1 aromatic carbocycles. The van der Waals surface area contributed by atoms with Crippen LogP contribution >= 0.6 is 0 Å². The molecule has 0 bridgehead atoms. The van der Waals surface area contributed by atoms with Gasteiger partial charge in [-0.15, -0.1) is 0 Å². The third-order valence-corrected chi connectivity index (χ3v) is 1.85. The van der Waals surface area contributed by atoms with Crippen LogP contribution in [0.2, 0.25) is 0 Å². The van der Waals surface area contributed by atoms with Gasteiger partial charge in [-0.05, 0) is 19.1 Å². The number of rotatable bonds is 3. The zero-order chi connectivity index (χ0) is 10.6. The van der Waals surface area contributed by atoms with Gasteiger partial charge in [0.05, 0.1) is 12.8 Å². The maximum Gasteiger partial charge on any atom is 0.127 e. The highest BCUT2D eigenvalue weighted by Gasteiger charge is 2.04. The molecular formula is C11H16N2O. The van der Waals surface area contributed by atoms with Crippen molar-refractivity contribution in [3.63, 3.8) is 0 Å². The fourth-order valence-electron chi connectivity index (χ4n) is 1.30. The van der Waals surface area contributed by atoms with Crippen molar-refractivity contribution in [1.29, 1.82) is 0 Å². The number of methoxy groups -OCH3 is 1. The predicted molar refractivity (Wildman–Crippen MR) is 58.9 cm³/mol. The summed E-state index contributed by atoms with van der Waals surface area (Å²) in [7, 11) is 5.47. The molecule has 0 spiro atoms. The van der Waals surface area contributed by atoms with Crippen molar-refractivity contribution in [1.82, 2.24) is 5.01 Å². The quantitative estimate of drug-likeness (QED) is 0.540. The molecule has 3 heteroatoms. The van der Waals surface area contributed by atoms with Gasteiger partial charge in [0.15, 0.2) is 0 Å². The molecule has 14 heavy (non-hydrogen) atoms. The molecule has 0 aliphatic heterocycles. The lowest BCUT2D eigenvalue weighted by atomic mass is 10.1. The van der Waals surface area contributed by atoms with Crippen LogP contribution in [0.5, 0.6) is 5.75 Å². The van der Waals surface area contributed by atoms with E-state index in [1.54, 1.807) is 12.1 Å². The van der Waals surface area contributed by atoms with Crippen LogP contribution in [0.15, 0.2) is 29.4 Å². The molecule has 1 rings (SSSR count). The normalized spacial score (nSPS) is 11.3. The molecule has 0 aromatic heterocycles. The van der Waals surface area contributed by atoms with Gasteiger partial charge in [0, 0.05) is 19.7 Å². The van der Waals surface area contributed by atoms with Gasteiger partial charge in [0.1, 0.15) is 5.75 Å². The molecule has 76 valence electrons. The number of benzene rings is 1. The SMILES string of the molecule is COc1ccccc1C(C)=NN(C)C. The molecule has 0 N–H and O–H groups in total. The molecule has 0 unspecified atom stereocenters. The monoisotopic (exact) mass is 192 g/mol. The van der Waals surface area contributed by atoms with Crippen molar-refractivity contribution < 1.29 is 4.74 Å². The molecule has 0 saturated carbocycles. The van der Waals surface area contributed by atoms with E-state index in [1.807, 2.05) is 45.3 Å². The van der Waals surface area contributed by atoms with Crippen molar-refractivity contribution in [2.45, 2.75) is 6.92 Å². The van der Waals surface area contributed by atoms with Gasteiger partial charge in [0.25, 0.3) is 0 Å². The Morgan fingerprint density at radius 3 is 2.50 bits per heavy atom. The Kier molecular flexibility index (Phi) is 3.51. The summed E-state index contributed by atoms with van der Waals surface area (Å²) in [6.45, 7) is 1.97. The molecule has 0 aliphatic rings. The summed E-state index contributed by atoms with van der Waals surface area (Å²) < 4.78 is 5.25. The molecule has 3 nitrogen and oxygen atoms in total. The van der Waals surface area contributed by atoms with E-state index in [4.69, 9.17) is 4.74 Å². The molecule has 0 radical (unpaired) electrons. The van der Waals surface area contributed by atoms with Gasteiger partial charge < -0.3 is 9.75 Å². The van der Waals surface area contributed by atoms with E-state index < -0.39 is 0 Å². The lowest BCUT2D eigenvalue weighted by Crippen LogP contribution is -2.08. The van der Waals surface area contributed by atoms with E-state index in [2.05, 4.69) is 5.10 Å². The Hall–Kier alpha value is -1.51. The van der Waals surface area contributed by atoms with Crippen LogP contribution in [0.25, 0.3) is 0 Å². The van der Waals surface area contributed by atoms with Gasteiger partial charge in [-0.2, -0.15) is 5.10 Å². The topological polar surface area (TPSA) is 24.8 Å². The molecule has 0 heterocycles. The summed E-state index contributed by atoms with van der Waals surface area (Å²) in [4.78, 5) is 0. The maximum atomic E-state index is 5.25. The Labute approximate surface area is 85.0 Å². The first-order chi connectivity index (χ1) is 6.65. The minimum atomic E-state index is 0.857. The largest absolute Gasteiger partial charge is 0.496 e. The Morgan fingerprint density at radius 1 is 1.29 bits per heavy atom.